The number of aromatic nitrogens is 1. The first-order valence-corrected chi connectivity index (χ1v) is 8.17. The number of hydrogen-bond acceptors (Lipinski definition) is 2. The molecule has 0 fully saturated rings. The summed E-state index contributed by atoms with van der Waals surface area (Å²) in [6.45, 7) is -0.00285. The molecule has 0 radical (unpaired) electrons. The minimum atomic E-state index is -0.0945. The van der Waals surface area contributed by atoms with Gasteiger partial charge in [-0.25, -0.2) is 0 Å². The van der Waals surface area contributed by atoms with Crippen molar-refractivity contribution < 1.29 is 9.53 Å². The summed E-state index contributed by atoms with van der Waals surface area (Å²) in [4.78, 5) is 17.3. The molecule has 0 atom stereocenters. The molecule has 25 heavy (non-hydrogen) atoms. The largest absolute Gasteiger partial charge is 0.484 e. The molecule has 0 aliphatic carbocycles. The number of carbonyl (C=O) groups is 1. The molecule has 4 nitrogen and oxygen atoms in total. The smallest absolute Gasteiger partial charge is 0.264 e. The van der Waals surface area contributed by atoms with E-state index in [-0.39, 0.29) is 12.5 Å². The Hall–Kier alpha value is -3.27. The van der Waals surface area contributed by atoms with Crippen LogP contribution in [0.1, 0.15) is 0 Å². The summed E-state index contributed by atoms with van der Waals surface area (Å²) in [5.74, 6) is 0.580. The monoisotopic (exact) mass is 330 g/mol. The Bertz CT molecular complexity index is 1040. The molecule has 124 valence electrons. The third kappa shape index (κ3) is 2.94. The van der Waals surface area contributed by atoms with E-state index in [4.69, 9.17) is 4.74 Å². The standard InChI is InChI=1S/C21H18N2O2/c1-23(15-7-3-2-4-8-15)21(24)14-25-16-11-12-18-17-9-5-6-10-19(17)22-20(18)13-16/h2-13,22H,14H2,1H3. The fourth-order valence-electron chi connectivity index (χ4n) is 2.96. The van der Waals surface area contributed by atoms with E-state index in [1.165, 1.54) is 5.39 Å². The minimum absolute atomic E-state index is 0.00285. The van der Waals surface area contributed by atoms with Gasteiger partial charge in [0.2, 0.25) is 0 Å². The summed E-state index contributed by atoms with van der Waals surface area (Å²) in [6.07, 6.45) is 0. The first-order chi connectivity index (χ1) is 12.2. The van der Waals surface area contributed by atoms with Crippen molar-refractivity contribution >= 4 is 33.4 Å². The average molecular weight is 330 g/mol. The maximum atomic E-state index is 12.3. The molecule has 1 amide bonds. The van der Waals surface area contributed by atoms with Crippen LogP contribution in [-0.2, 0) is 4.79 Å². The lowest BCUT2D eigenvalue weighted by Gasteiger charge is -2.17. The molecular weight excluding hydrogens is 312 g/mol. The number of para-hydroxylation sites is 2. The van der Waals surface area contributed by atoms with Crippen molar-refractivity contribution in [3.63, 3.8) is 0 Å². The fourth-order valence-corrected chi connectivity index (χ4v) is 2.96. The number of H-pyrrole nitrogens is 1. The van der Waals surface area contributed by atoms with E-state index in [1.54, 1.807) is 11.9 Å². The van der Waals surface area contributed by atoms with Gasteiger partial charge in [0.15, 0.2) is 6.61 Å². The van der Waals surface area contributed by atoms with Crippen molar-refractivity contribution in [2.75, 3.05) is 18.6 Å². The Labute approximate surface area is 145 Å². The first-order valence-electron chi connectivity index (χ1n) is 8.17. The highest BCUT2D eigenvalue weighted by molar-refractivity contribution is 6.07. The van der Waals surface area contributed by atoms with Crippen LogP contribution in [0, 0.1) is 0 Å². The highest BCUT2D eigenvalue weighted by Gasteiger charge is 2.12. The molecule has 0 aliphatic heterocycles. The van der Waals surface area contributed by atoms with Gasteiger partial charge in [-0.3, -0.25) is 4.79 Å². The van der Waals surface area contributed by atoms with Crippen LogP contribution in [0.15, 0.2) is 72.8 Å². The third-order valence-electron chi connectivity index (χ3n) is 4.36. The first kappa shape index (κ1) is 15.3. The molecule has 4 heteroatoms. The van der Waals surface area contributed by atoms with Gasteiger partial charge in [0.25, 0.3) is 5.91 Å². The van der Waals surface area contributed by atoms with E-state index in [0.717, 1.165) is 22.1 Å². The highest BCUT2D eigenvalue weighted by atomic mass is 16.5. The van der Waals surface area contributed by atoms with Crippen LogP contribution < -0.4 is 9.64 Å². The summed E-state index contributed by atoms with van der Waals surface area (Å²) in [6, 6.07) is 23.6. The molecule has 0 saturated carbocycles. The highest BCUT2D eigenvalue weighted by Crippen LogP contribution is 2.28. The van der Waals surface area contributed by atoms with E-state index in [9.17, 15) is 4.79 Å². The lowest BCUT2D eigenvalue weighted by atomic mass is 10.1. The molecule has 0 unspecified atom stereocenters. The minimum Gasteiger partial charge on any atom is -0.484 e. The van der Waals surface area contributed by atoms with Crippen LogP contribution in [0.4, 0.5) is 5.69 Å². The van der Waals surface area contributed by atoms with Gasteiger partial charge in [0.05, 0.1) is 5.52 Å². The summed E-state index contributed by atoms with van der Waals surface area (Å²) < 4.78 is 5.70. The third-order valence-corrected chi connectivity index (χ3v) is 4.36. The summed E-state index contributed by atoms with van der Waals surface area (Å²) in [5, 5.41) is 2.33. The summed E-state index contributed by atoms with van der Waals surface area (Å²) >= 11 is 0. The summed E-state index contributed by atoms with van der Waals surface area (Å²) in [7, 11) is 1.75. The van der Waals surface area contributed by atoms with Crippen LogP contribution in [0.2, 0.25) is 0 Å². The molecule has 1 heterocycles. The number of anilines is 1. The number of ether oxygens (including phenoxy) is 1. The molecule has 1 N–H and O–H groups in total. The van der Waals surface area contributed by atoms with Crippen LogP contribution in [0.5, 0.6) is 5.75 Å². The zero-order valence-electron chi connectivity index (χ0n) is 13.9. The van der Waals surface area contributed by atoms with Gasteiger partial charge < -0.3 is 14.6 Å². The van der Waals surface area contributed by atoms with Gasteiger partial charge in [-0.15, -0.1) is 0 Å². The predicted octanol–water partition coefficient (Wildman–Crippen LogP) is 4.36. The van der Waals surface area contributed by atoms with Gasteiger partial charge in [0.1, 0.15) is 5.75 Å². The lowest BCUT2D eigenvalue weighted by Crippen LogP contribution is -2.31. The number of aromatic amines is 1. The normalized spacial score (nSPS) is 10.9. The number of nitrogens with zero attached hydrogens (tertiary/aromatic N) is 1. The zero-order chi connectivity index (χ0) is 17.2. The number of fused-ring (bicyclic) bond motifs is 3. The Balaban J connectivity index is 1.51. The van der Waals surface area contributed by atoms with Crippen molar-refractivity contribution in [2.24, 2.45) is 0 Å². The van der Waals surface area contributed by atoms with Crippen molar-refractivity contribution in [1.82, 2.24) is 4.98 Å². The average Bonchev–Trinajstić information content (AvgIpc) is 3.04. The summed E-state index contributed by atoms with van der Waals surface area (Å²) in [5.41, 5.74) is 2.94. The van der Waals surface area contributed by atoms with Crippen LogP contribution in [0.3, 0.4) is 0 Å². The Kier molecular flexibility index (Phi) is 3.86. The van der Waals surface area contributed by atoms with Gasteiger partial charge in [-0.1, -0.05) is 36.4 Å². The molecule has 4 rings (SSSR count). The molecule has 0 saturated heterocycles. The second kappa shape index (κ2) is 6.32. The SMILES string of the molecule is CN(C(=O)COc1ccc2c(c1)[nH]c1ccccc12)c1ccccc1. The number of nitrogens with one attached hydrogen (secondary N) is 1. The quantitative estimate of drug-likeness (QED) is 0.604. The van der Waals surface area contributed by atoms with Gasteiger partial charge >= 0.3 is 0 Å². The Morgan fingerprint density at radius 3 is 2.48 bits per heavy atom. The molecule has 0 bridgehead atoms. The van der Waals surface area contributed by atoms with E-state index < -0.39 is 0 Å². The lowest BCUT2D eigenvalue weighted by molar-refractivity contribution is -0.120. The van der Waals surface area contributed by atoms with Gasteiger partial charge in [0, 0.05) is 35.1 Å². The number of likely N-dealkylation sites (N-methyl/N-ethyl adjacent to an activating group) is 1. The van der Waals surface area contributed by atoms with Crippen molar-refractivity contribution in [2.45, 2.75) is 0 Å². The molecule has 4 aromatic rings. The zero-order valence-corrected chi connectivity index (χ0v) is 13.9. The van der Waals surface area contributed by atoms with E-state index >= 15 is 0 Å². The Morgan fingerprint density at radius 2 is 1.64 bits per heavy atom. The second-order valence-corrected chi connectivity index (χ2v) is 5.95. The van der Waals surface area contributed by atoms with Crippen LogP contribution in [-0.4, -0.2) is 24.5 Å². The maximum absolute atomic E-state index is 12.3. The van der Waals surface area contributed by atoms with E-state index in [2.05, 4.69) is 11.1 Å². The Morgan fingerprint density at radius 1 is 0.920 bits per heavy atom. The van der Waals surface area contributed by atoms with Crippen LogP contribution >= 0.6 is 0 Å². The topological polar surface area (TPSA) is 45.3 Å². The number of rotatable bonds is 4. The van der Waals surface area contributed by atoms with E-state index in [0.29, 0.717) is 5.75 Å². The second-order valence-electron chi connectivity index (χ2n) is 5.95. The number of carbonyl (C=O) groups excluding carboxylic acids is 1. The van der Waals surface area contributed by atoms with Crippen molar-refractivity contribution in [3.05, 3.63) is 72.8 Å². The van der Waals surface area contributed by atoms with Gasteiger partial charge in [-0.2, -0.15) is 0 Å². The van der Waals surface area contributed by atoms with Gasteiger partial charge in [-0.05, 0) is 30.3 Å². The fraction of sp³-hybridized carbons (Fsp3) is 0.0952. The predicted molar refractivity (Wildman–Crippen MR) is 101 cm³/mol. The molecule has 3 aromatic carbocycles. The molecular formula is C21H18N2O2. The molecule has 0 spiro atoms. The van der Waals surface area contributed by atoms with Crippen molar-refractivity contribution in [3.8, 4) is 5.75 Å². The number of hydrogen-bond donors (Lipinski definition) is 1. The number of amides is 1. The number of benzene rings is 3. The maximum Gasteiger partial charge on any atom is 0.264 e. The van der Waals surface area contributed by atoms with E-state index in [1.807, 2.05) is 66.7 Å². The van der Waals surface area contributed by atoms with Crippen LogP contribution in [0.25, 0.3) is 21.8 Å². The van der Waals surface area contributed by atoms with Crippen molar-refractivity contribution in [1.29, 1.82) is 0 Å². The molecule has 0 aliphatic rings. The molecule has 1 aromatic heterocycles.